The molecule has 0 aromatic heterocycles. The van der Waals surface area contributed by atoms with Crippen LogP contribution in [0.4, 0.5) is 0 Å². The third kappa shape index (κ3) is 7.17. The van der Waals surface area contributed by atoms with Crippen molar-refractivity contribution in [2.75, 3.05) is 0 Å². The fourth-order valence-corrected chi connectivity index (χ4v) is 4.69. The van der Waals surface area contributed by atoms with E-state index >= 15 is 0 Å². The predicted molar refractivity (Wildman–Crippen MR) is 164 cm³/mol. The van der Waals surface area contributed by atoms with E-state index < -0.39 is 0 Å². The number of thiol groups is 1. The van der Waals surface area contributed by atoms with Crippen LogP contribution in [0.1, 0.15) is 0 Å². The molecule has 0 heterocycles. The Balaban J connectivity index is 0.000000172. The topological polar surface area (TPSA) is 0 Å². The maximum absolute atomic E-state index is 3.62. The first kappa shape index (κ1) is 28.3. The number of rotatable bonds is 2. The summed E-state index contributed by atoms with van der Waals surface area (Å²) in [6.07, 6.45) is 0. The van der Waals surface area contributed by atoms with Crippen LogP contribution in [0.3, 0.4) is 0 Å². The second-order valence-electron chi connectivity index (χ2n) is 7.59. The molecule has 0 saturated heterocycles. The minimum Gasteiger partial charge on any atom is -0.813 e. The maximum Gasteiger partial charge on any atom is -0.0746 e. The number of hydrogen-bond acceptors (Lipinski definition) is 1. The fraction of sp³-hybridized carbons (Fsp3) is 0. The van der Waals surface area contributed by atoms with Gasteiger partial charge < -0.3 is 13.5 Å². The first-order valence-electron chi connectivity index (χ1n) is 10.8. The molecule has 176 valence electrons. The van der Waals surface area contributed by atoms with Gasteiger partial charge in [0.15, 0.2) is 0 Å². The molecule has 0 nitrogen and oxygen atoms in total. The molecule has 0 aliphatic heterocycles. The summed E-state index contributed by atoms with van der Waals surface area (Å²) in [7, 11) is 0. The van der Waals surface area contributed by atoms with Crippen LogP contribution < -0.4 is 0 Å². The molecule has 6 rings (SSSR count). The van der Waals surface area contributed by atoms with Crippen LogP contribution in [0.2, 0.25) is 0 Å². The zero-order valence-corrected chi connectivity index (χ0v) is 26.8. The smallest absolute Gasteiger partial charge is 0.0746 e. The van der Waals surface area contributed by atoms with Crippen LogP contribution in [0.25, 0.3) is 43.8 Å². The number of fused-ring (bicyclic) bond motifs is 2. The summed E-state index contributed by atoms with van der Waals surface area (Å²) in [5.74, 6) is 0. The Hall–Kier alpha value is -1.23. The molecule has 0 aliphatic rings. The van der Waals surface area contributed by atoms with Crippen LogP contribution in [-0.2, 0) is 32.0 Å². The molecule has 6 aromatic carbocycles. The van der Waals surface area contributed by atoms with E-state index in [0.717, 1.165) is 4.47 Å². The van der Waals surface area contributed by atoms with Gasteiger partial charge in [-0.15, -0.1) is 65.7 Å². The normalized spacial score (nSPS) is 9.91. The van der Waals surface area contributed by atoms with Gasteiger partial charge in [-0.05, 0) is 4.47 Å². The van der Waals surface area contributed by atoms with E-state index in [0.29, 0.717) is 0 Å². The van der Waals surface area contributed by atoms with Gasteiger partial charge in [0.2, 0.25) is 0 Å². The molecule has 0 N–H and O–H groups in total. The van der Waals surface area contributed by atoms with Gasteiger partial charge in [-0.2, -0.15) is 0 Å². The average molecular weight is 746 g/mol. The van der Waals surface area contributed by atoms with Crippen molar-refractivity contribution >= 4 is 75.4 Å². The number of benzene rings is 4. The second kappa shape index (κ2) is 14.5. The van der Waals surface area contributed by atoms with E-state index in [9.17, 15) is 0 Å². The monoisotopic (exact) mass is 741 g/mol. The Labute approximate surface area is 245 Å². The molecule has 0 spiro atoms. The molecule has 0 radical (unpaired) electrons. The van der Waals surface area contributed by atoms with Gasteiger partial charge in [-0.25, -0.2) is 0 Å². The average Bonchev–Trinajstić information content (AvgIpc) is 3.52. The summed E-state index contributed by atoms with van der Waals surface area (Å²) in [5, 5.41) is 5.24. The second-order valence-corrected chi connectivity index (χ2v) is 19.8. The van der Waals surface area contributed by atoms with Crippen molar-refractivity contribution in [2.45, 2.75) is 0 Å². The van der Waals surface area contributed by atoms with Crippen LogP contribution in [0.5, 0.6) is 0 Å². The Morgan fingerprint density at radius 1 is 0.514 bits per heavy atom. The van der Waals surface area contributed by atoms with Crippen molar-refractivity contribution < 1.29 is 18.5 Å². The minimum absolute atomic E-state index is 0. The molecule has 0 unspecified atom stereocenters. The number of hydrogen-bond donors (Lipinski definition) is 0. The third-order valence-electron chi connectivity index (χ3n) is 5.59. The van der Waals surface area contributed by atoms with Crippen LogP contribution in [0, 0.1) is 0 Å². The van der Waals surface area contributed by atoms with Crippen molar-refractivity contribution in [1.82, 2.24) is 0 Å². The molecule has 0 amide bonds. The van der Waals surface area contributed by atoms with E-state index in [1.807, 2.05) is 6.07 Å². The largest absolute Gasteiger partial charge is 0.813 e. The van der Waals surface area contributed by atoms with Gasteiger partial charge in [-0.3, -0.25) is 0 Å². The quantitative estimate of drug-likeness (QED) is 0.0967. The summed E-state index contributed by atoms with van der Waals surface area (Å²) in [5.41, 5.74) is 5.18. The van der Waals surface area contributed by atoms with Crippen molar-refractivity contribution in [2.24, 2.45) is 0 Å². The van der Waals surface area contributed by atoms with Gasteiger partial charge in [0.1, 0.15) is 0 Å². The van der Waals surface area contributed by atoms with Gasteiger partial charge in [0, 0.05) is 0 Å². The standard InChI is InChI=1S/C15H10Br.C15H11.2BrH.H2S.Zr/c16-14-8-4-7-12-9-10-13(15(12)14)11-5-2-1-3-6-11;1-2-6-12(7-3-1)15-11-10-13-8-4-5-9-14(13)15;;;;/h1-10H;1-11H;2*1H;1H2;/q2*-1;;;;+2/p-3. The van der Waals surface area contributed by atoms with E-state index in [-0.39, 0.29) is 32.0 Å². The molecule has 0 aliphatic carbocycles. The zero-order valence-electron chi connectivity index (χ0n) is 18.7. The van der Waals surface area contributed by atoms with E-state index in [2.05, 4.69) is 162 Å². The Morgan fingerprint density at radius 2 is 1.00 bits per heavy atom. The maximum atomic E-state index is 3.62. The summed E-state index contributed by atoms with van der Waals surface area (Å²) < 4.78 is 1.16. The van der Waals surface area contributed by atoms with Gasteiger partial charge in [0.05, 0.1) is 0 Å². The Morgan fingerprint density at radius 3 is 1.66 bits per heavy atom. The molecular formula is C30H22Br3SZr-3. The Bertz CT molecular complexity index is 1460. The van der Waals surface area contributed by atoms with Gasteiger partial charge >= 0.3 is 43.0 Å². The summed E-state index contributed by atoms with van der Waals surface area (Å²) in [6, 6.07) is 44.5. The van der Waals surface area contributed by atoms with Crippen molar-refractivity contribution in [1.29, 1.82) is 0 Å². The third-order valence-corrected chi connectivity index (χ3v) is 6.26. The molecule has 5 heteroatoms. The van der Waals surface area contributed by atoms with Crippen molar-refractivity contribution in [3.05, 3.63) is 132 Å². The fourth-order valence-electron chi connectivity index (χ4n) is 4.10. The molecular weight excluding hydrogens is 723 g/mol. The Kier molecular flexibility index (Phi) is 11.7. The zero-order chi connectivity index (χ0) is 23.8. The summed E-state index contributed by atoms with van der Waals surface area (Å²) >= 11 is 9.94. The molecule has 0 fully saturated rings. The summed E-state index contributed by atoms with van der Waals surface area (Å²) in [6.45, 7) is 0. The summed E-state index contributed by atoms with van der Waals surface area (Å²) in [4.78, 5) is 0. The molecule has 0 saturated carbocycles. The SMILES string of the molecule is Brc1cccc2cc[c-](-c3ccccc3)c12.[Br][Zr][Br].[SH-].c1ccc(-[c-]2ccc3ccccc32)cc1. The van der Waals surface area contributed by atoms with Crippen LogP contribution >= 0.6 is 40.4 Å². The minimum atomic E-state index is -0.145. The van der Waals surface area contributed by atoms with Crippen LogP contribution in [-0.4, -0.2) is 0 Å². The van der Waals surface area contributed by atoms with Crippen molar-refractivity contribution in [3.8, 4) is 22.3 Å². The number of halogens is 3. The van der Waals surface area contributed by atoms with E-state index in [1.54, 1.807) is 0 Å². The van der Waals surface area contributed by atoms with Gasteiger partial charge in [0.25, 0.3) is 0 Å². The molecule has 6 aromatic rings. The van der Waals surface area contributed by atoms with Crippen LogP contribution in [0.15, 0.2) is 132 Å². The first-order chi connectivity index (χ1) is 16.7. The first-order valence-corrected chi connectivity index (χ1v) is 22.8. The molecule has 35 heavy (non-hydrogen) atoms. The molecule has 0 atom stereocenters. The van der Waals surface area contributed by atoms with Gasteiger partial charge in [-0.1, -0.05) is 121 Å². The van der Waals surface area contributed by atoms with E-state index in [4.69, 9.17) is 0 Å². The van der Waals surface area contributed by atoms with Crippen molar-refractivity contribution in [3.63, 3.8) is 0 Å². The van der Waals surface area contributed by atoms with E-state index in [1.165, 1.54) is 43.8 Å². The molecule has 0 bridgehead atoms. The predicted octanol–water partition coefficient (Wildman–Crippen LogP) is 10.6.